The van der Waals surface area contributed by atoms with Crippen LogP contribution in [0, 0.1) is 5.92 Å². The number of hydrogen-bond acceptors (Lipinski definition) is 5. The Morgan fingerprint density at radius 1 is 1.56 bits per heavy atom. The van der Waals surface area contributed by atoms with Gasteiger partial charge in [0.25, 0.3) is 0 Å². The van der Waals surface area contributed by atoms with Crippen LogP contribution in [0.2, 0.25) is 0 Å². The molecule has 6 nitrogen and oxygen atoms in total. The molecule has 1 fully saturated rings. The number of nitrogens with zero attached hydrogens (tertiary/aromatic N) is 1. The third kappa shape index (κ3) is 2.16. The zero-order valence-corrected chi connectivity index (χ0v) is 9.66. The van der Waals surface area contributed by atoms with Crippen molar-refractivity contribution in [1.82, 2.24) is 9.71 Å². The minimum atomic E-state index is -3.53. The van der Waals surface area contributed by atoms with Crippen molar-refractivity contribution in [2.45, 2.75) is 24.3 Å². The number of hydrazine groups is 1. The van der Waals surface area contributed by atoms with E-state index < -0.39 is 10.0 Å². The lowest BCUT2D eigenvalue weighted by Crippen LogP contribution is -2.28. The molecule has 0 aliphatic heterocycles. The first kappa shape index (κ1) is 11.3. The van der Waals surface area contributed by atoms with Gasteiger partial charge in [-0.15, -0.1) is 0 Å². The summed E-state index contributed by atoms with van der Waals surface area (Å²) in [6, 6.07) is 1.56. The lowest BCUT2D eigenvalue weighted by molar-refractivity contribution is 0.578. The van der Waals surface area contributed by atoms with Crippen LogP contribution in [0.15, 0.2) is 23.4 Å². The number of sulfonamides is 1. The first-order valence-corrected chi connectivity index (χ1v) is 6.46. The summed E-state index contributed by atoms with van der Waals surface area (Å²) in [4.78, 5) is 3.87. The Balaban J connectivity index is 2.28. The first-order chi connectivity index (χ1) is 7.54. The fourth-order valence-corrected chi connectivity index (χ4v) is 2.93. The number of aromatic nitrogens is 1. The average molecular weight is 242 g/mol. The minimum Gasteiger partial charge on any atom is -0.323 e. The van der Waals surface area contributed by atoms with E-state index >= 15 is 0 Å². The van der Waals surface area contributed by atoms with Crippen LogP contribution >= 0.6 is 0 Å². The first-order valence-electron chi connectivity index (χ1n) is 4.97. The van der Waals surface area contributed by atoms with E-state index in [1.165, 1.54) is 18.5 Å². The molecule has 1 heterocycles. The van der Waals surface area contributed by atoms with Gasteiger partial charge in [-0.05, 0) is 18.4 Å². The van der Waals surface area contributed by atoms with E-state index in [1.54, 1.807) is 0 Å². The number of nitrogen functional groups attached to an aromatic ring is 1. The van der Waals surface area contributed by atoms with Crippen LogP contribution in [-0.4, -0.2) is 19.4 Å². The average Bonchev–Trinajstić information content (AvgIpc) is 2.93. The van der Waals surface area contributed by atoms with Gasteiger partial charge in [-0.3, -0.25) is 10.8 Å². The molecule has 16 heavy (non-hydrogen) atoms. The van der Waals surface area contributed by atoms with Crippen molar-refractivity contribution >= 4 is 15.7 Å². The number of anilines is 1. The Bertz CT molecular complexity index is 488. The van der Waals surface area contributed by atoms with Crippen LogP contribution < -0.4 is 16.0 Å². The standard InChI is InChI=1S/C9H14N4O2S/c1-6-4-8(6)13-16(14,15)9-5-11-3-2-7(9)12-10/h2-3,5-6,8,13H,4,10H2,1H3,(H,11,12). The second kappa shape index (κ2) is 4.00. The Labute approximate surface area is 94.3 Å². The van der Waals surface area contributed by atoms with Gasteiger partial charge in [0.05, 0.1) is 5.69 Å². The molecule has 88 valence electrons. The molecule has 0 aromatic carbocycles. The molecule has 2 rings (SSSR count). The molecule has 1 saturated carbocycles. The maximum atomic E-state index is 12.0. The van der Waals surface area contributed by atoms with E-state index in [-0.39, 0.29) is 10.9 Å². The largest absolute Gasteiger partial charge is 0.323 e. The highest BCUT2D eigenvalue weighted by Gasteiger charge is 2.37. The molecular formula is C9H14N4O2S. The zero-order chi connectivity index (χ0) is 11.8. The van der Waals surface area contributed by atoms with E-state index in [2.05, 4.69) is 15.1 Å². The fraction of sp³-hybridized carbons (Fsp3) is 0.444. The van der Waals surface area contributed by atoms with Crippen molar-refractivity contribution in [3.63, 3.8) is 0 Å². The highest BCUT2D eigenvalue weighted by Crippen LogP contribution is 2.31. The molecule has 2 atom stereocenters. The van der Waals surface area contributed by atoms with Crippen molar-refractivity contribution in [1.29, 1.82) is 0 Å². The summed E-state index contributed by atoms with van der Waals surface area (Å²) in [5, 5.41) is 0. The molecule has 1 aromatic rings. The van der Waals surface area contributed by atoms with Crippen LogP contribution in [0.3, 0.4) is 0 Å². The molecule has 2 unspecified atom stereocenters. The molecule has 0 amide bonds. The van der Waals surface area contributed by atoms with E-state index in [1.807, 2.05) is 6.92 Å². The van der Waals surface area contributed by atoms with Crippen LogP contribution in [0.4, 0.5) is 5.69 Å². The Morgan fingerprint density at radius 3 is 2.81 bits per heavy atom. The normalized spacial score (nSPS) is 24.1. The SMILES string of the molecule is CC1CC1NS(=O)(=O)c1cnccc1NN. The van der Waals surface area contributed by atoms with Gasteiger partial charge >= 0.3 is 0 Å². The highest BCUT2D eigenvalue weighted by atomic mass is 32.2. The van der Waals surface area contributed by atoms with Gasteiger partial charge in [0.1, 0.15) is 4.90 Å². The number of nitrogens with two attached hydrogens (primary N) is 1. The van der Waals surface area contributed by atoms with Crippen molar-refractivity contribution in [3.05, 3.63) is 18.5 Å². The second-order valence-corrected chi connectivity index (χ2v) is 5.64. The van der Waals surface area contributed by atoms with Crippen molar-refractivity contribution in [2.75, 3.05) is 5.43 Å². The summed E-state index contributed by atoms with van der Waals surface area (Å²) >= 11 is 0. The smallest absolute Gasteiger partial charge is 0.244 e. The van der Waals surface area contributed by atoms with Crippen LogP contribution in [0.25, 0.3) is 0 Å². The lowest BCUT2D eigenvalue weighted by Gasteiger charge is -2.09. The monoisotopic (exact) mass is 242 g/mol. The van der Waals surface area contributed by atoms with Gasteiger partial charge in [0, 0.05) is 18.4 Å². The molecule has 4 N–H and O–H groups in total. The molecule has 1 aliphatic carbocycles. The molecule has 0 bridgehead atoms. The predicted octanol–water partition coefficient (Wildman–Crippen LogP) is 0.0539. The van der Waals surface area contributed by atoms with Crippen molar-refractivity contribution in [3.8, 4) is 0 Å². The van der Waals surface area contributed by atoms with Crippen LogP contribution in [0.1, 0.15) is 13.3 Å². The van der Waals surface area contributed by atoms with E-state index in [9.17, 15) is 8.42 Å². The van der Waals surface area contributed by atoms with E-state index in [0.29, 0.717) is 11.6 Å². The highest BCUT2D eigenvalue weighted by molar-refractivity contribution is 7.89. The number of pyridine rings is 1. The molecule has 0 saturated heterocycles. The zero-order valence-electron chi connectivity index (χ0n) is 8.84. The molecule has 0 spiro atoms. The van der Waals surface area contributed by atoms with Crippen molar-refractivity contribution in [2.24, 2.45) is 11.8 Å². The topological polar surface area (TPSA) is 97.1 Å². The van der Waals surface area contributed by atoms with Gasteiger partial charge in [0.2, 0.25) is 10.0 Å². The third-order valence-corrected chi connectivity index (χ3v) is 4.16. The Morgan fingerprint density at radius 2 is 2.25 bits per heavy atom. The maximum absolute atomic E-state index is 12.0. The summed E-state index contributed by atoms with van der Waals surface area (Å²) < 4.78 is 26.5. The maximum Gasteiger partial charge on any atom is 0.244 e. The van der Waals surface area contributed by atoms with Gasteiger partial charge in [-0.1, -0.05) is 6.92 Å². The van der Waals surface area contributed by atoms with Gasteiger partial charge in [-0.2, -0.15) is 0 Å². The fourth-order valence-electron chi connectivity index (χ4n) is 1.46. The lowest BCUT2D eigenvalue weighted by atomic mass is 10.4. The van der Waals surface area contributed by atoms with E-state index in [0.717, 1.165) is 6.42 Å². The molecule has 1 aromatic heterocycles. The number of rotatable bonds is 4. The molecule has 7 heteroatoms. The van der Waals surface area contributed by atoms with Crippen LogP contribution in [-0.2, 0) is 10.0 Å². The summed E-state index contributed by atoms with van der Waals surface area (Å²) in [5.41, 5.74) is 2.69. The third-order valence-electron chi connectivity index (χ3n) is 2.65. The molecule has 0 radical (unpaired) electrons. The van der Waals surface area contributed by atoms with Crippen LogP contribution in [0.5, 0.6) is 0 Å². The molecule has 1 aliphatic rings. The minimum absolute atomic E-state index is 0.0378. The van der Waals surface area contributed by atoms with Gasteiger partial charge in [0.15, 0.2) is 0 Å². The van der Waals surface area contributed by atoms with Gasteiger partial charge < -0.3 is 5.43 Å². The van der Waals surface area contributed by atoms with Gasteiger partial charge in [-0.25, -0.2) is 13.1 Å². The summed E-state index contributed by atoms with van der Waals surface area (Å²) in [5.74, 6) is 5.65. The number of nitrogens with one attached hydrogen (secondary N) is 2. The Kier molecular flexibility index (Phi) is 2.83. The number of hydrogen-bond donors (Lipinski definition) is 3. The summed E-state index contributed by atoms with van der Waals surface area (Å²) in [6.45, 7) is 2.00. The molecular weight excluding hydrogens is 228 g/mol. The van der Waals surface area contributed by atoms with E-state index in [4.69, 9.17) is 5.84 Å². The van der Waals surface area contributed by atoms with Crippen molar-refractivity contribution < 1.29 is 8.42 Å². The summed E-state index contributed by atoms with van der Waals surface area (Å²) in [7, 11) is -3.53. The second-order valence-electron chi connectivity index (χ2n) is 3.96. The quantitative estimate of drug-likeness (QED) is 0.512. The predicted molar refractivity (Wildman–Crippen MR) is 59.9 cm³/mol. The Hall–Kier alpha value is -1.18. The summed E-state index contributed by atoms with van der Waals surface area (Å²) in [6.07, 6.45) is 3.64.